The molecule has 0 aliphatic rings. The van der Waals surface area contributed by atoms with Crippen LogP contribution >= 0.6 is 0 Å². The summed E-state index contributed by atoms with van der Waals surface area (Å²) in [5.41, 5.74) is 2.66. The smallest absolute Gasteiger partial charge is 0.227 e. The molecule has 0 bridgehead atoms. The molecule has 0 aliphatic carbocycles. The summed E-state index contributed by atoms with van der Waals surface area (Å²) in [6.45, 7) is 2.05. The van der Waals surface area contributed by atoms with Crippen LogP contribution < -0.4 is 19.5 Å². The number of aromatic nitrogens is 1. The monoisotopic (exact) mass is 384 g/mol. The van der Waals surface area contributed by atoms with E-state index in [9.17, 15) is 4.79 Å². The van der Waals surface area contributed by atoms with Crippen LogP contribution in [0.25, 0.3) is 22.6 Å². The maximum atomic E-state index is 11.9. The summed E-state index contributed by atoms with van der Waals surface area (Å²) in [4.78, 5) is 16.5. The number of fused-ring (bicyclic) bond motifs is 1. The molecule has 7 heteroatoms. The molecule has 148 valence electrons. The number of hydrogen-bond acceptors (Lipinski definition) is 6. The maximum absolute atomic E-state index is 11.9. The van der Waals surface area contributed by atoms with E-state index in [-0.39, 0.29) is 5.91 Å². The van der Waals surface area contributed by atoms with Crippen LogP contribution in [-0.2, 0) is 4.79 Å². The standard InChI is InChI=1S/C21H24N2O5/c1-5-6-7-19(24)22-14-8-9-16-15(12-14)23-21(28-16)13-10-17(25-2)20(27-4)18(11-13)26-3/h8-12H,5-7H2,1-4H3,(H,22,24). The maximum Gasteiger partial charge on any atom is 0.227 e. The molecule has 0 saturated carbocycles. The molecule has 0 saturated heterocycles. The van der Waals surface area contributed by atoms with E-state index >= 15 is 0 Å². The minimum atomic E-state index is -0.00505. The largest absolute Gasteiger partial charge is 0.493 e. The Hall–Kier alpha value is -3.22. The number of anilines is 1. The van der Waals surface area contributed by atoms with Crippen LogP contribution in [0.5, 0.6) is 17.2 Å². The Balaban J connectivity index is 1.93. The van der Waals surface area contributed by atoms with Gasteiger partial charge in [-0.25, -0.2) is 4.98 Å². The molecule has 0 fully saturated rings. The van der Waals surface area contributed by atoms with Crippen molar-refractivity contribution in [3.8, 4) is 28.7 Å². The molecule has 2 aromatic carbocycles. The first-order chi connectivity index (χ1) is 13.6. The van der Waals surface area contributed by atoms with Crippen molar-refractivity contribution in [1.29, 1.82) is 0 Å². The van der Waals surface area contributed by atoms with E-state index in [0.717, 1.165) is 12.8 Å². The summed E-state index contributed by atoms with van der Waals surface area (Å²) in [5, 5.41) is 2.89. The second-order valence-corrected chi connectivity index (χ2v) is 6.27. The van der Waals surface area contributed by atoms with E-state index in [1.165, 1.54) is 0 Å². The van der Waals surface area contributed by atoms with Gasteiger partial charge in [0, 0.05) is 17.7 Å². The van der Waals surface area contributed by atoms with Gasteiger partial charge in [0.15, 0.2) is 17.1 Å². The molecule has 0 spiro atoms. The molecule has 1 N–H and O–H groups in total. The molecule has 0 radical (unpaired) electrons. The fourth-order valence-electron chi connectivity index (χ4n) is 2.89. The van der Waals surface area contributed by atoms with E-state index in [2.05, 4.69) is 17.2 Å². The number of unbranched alkanes of at least 4 members (excludes halogenated alkanes) is 1. The number of oxazole rings is 1. The quantitative estimate of drug-likeness (QED) is 0.609. The zero-order valence-electron chi connectivity index (χ0n) is 16.5. The summed E-state index contributed by atoms with van der Waals surface area (Å²) < 4.78 is 22.0. The van der Waals surface area contributed by atoms with Crippen LogP contribution in [0.15, 0.2) is 34.7 Å². The van der Waals surface area contributed by atoms with Crippen LogP contribution in [0, 0.1) is 0 Å². The second kappa shape index (κ2) is 8.65. The number of rotatable bonds is 8. The molecule has 0 unspecified atom stereocenters. The van der Waals surface area contributed by atoms with Gasteiger partial charge in [0.2, 0.25) is 17.5 Å². The number of ether oxygens (including phenoxy) is 3. The van der Waals surface area contributed by atoms with Crippen molar-refractivity contribution in [2.75, 3.05) is 26.6 Å². The van der Waals surface area contributed by atoms with Gasteiger partial charge in [-0.3, -0.25) is 4.79 Å². The third-order valence-electron chi connectivity index (χ3n) is 4.34. The zero-order valence-corrected chi connectivity index (χ0v) is 16.5. The summed E-state index contributed by atoms with van der Waals surface area (Å²) in [6.07, 6.45) is 2.35. The molecule has 3 rings (SSSR count). The minimum Gasteiger partial charge on any atom is -0.493 e. The summed E-state index contributed by atoms with van der Waals surface area (Å²) in [6, 6.07) is 8.94. The number of benzene rings is 2. The lowest BCUT2D eigenvalue weighted by Gasteiger charge is -2.12. The number of amides is 1. The summed E-state index contributed by atoms with van der Waals surface area (Å²) in [7, 11) is 4.66. The van der Waals surface area contributed by atoms with Crippen LogP contribution in [-0.4, -0.2) is 32.2 Å². The number of carbonyl (C=O) groups is 1. The minimum absolute atomic E-state index is 0.00505. The van der Waals surface area contributed by atoms with E-state index in [4.69, 9.17) is 18.6 Å². The van der Waals surface area contributed by atoms with Gasteiger partial charge in [-0.1, -0.05) is 13.3 Å². The van der Waals surface area contributed by atoms with Gasteiger partial charge in [0.1, 0.15) is 5.52 Å². The van der Waals surface area contributed by atoms with Gasteiger partial charge in [0.25, 0.3) is 0 Å². The first-order valence-electron chi connectivity index (χ1n) is 9.10. The van der Waals surface area contributed by atoms with Crippen LogP contribution in [0.4, 0.5) is 5.69 Å². The van der Waals surface area contributed by atoms with Crippen molar-refractivity contribution < 1.29 is 23.4 Å². The lowest BCUT2D eigenvalue weighted by Crippen LogP contribution is -2.10. The van der Waals surface area contributed by atoms with Crippen molar-refractivity contribution in [1.82, 2.24) is 4.98 Å². The van der Waals surface area contributed by atoms with E-state index < -0.39 is 0 Å². The Bertz CT molecular complexity index is 955. The number of nitrogens with zero attached hydrogens (tertiary/aromatic N) is 1. The van der Waals surface area contributed by atoms with Gasteiger partial charge < -0.3 is 23.9 Å². The molecule has 0 atom stereocenters. The third-order valence-corrected chi connectivity index (χ3v) is 4.34. The lowest BCUT2D eigenvalue weighted by molar-refractivity contribution is -0.116. The summed E-state index contributed by atoms with van der Waals surface area (Å²) in [5.74, 6) is 1.95. The Labute approximate surface area is 163 Å². The SMILES string of the molecule is CCCCC(=O)Nc1ccc2oc(-c3cc(OC)c(OC)c(OC)c3)nc2c1. The summed E-state index contributed by atoms with van der Waals surface area (Å²) >= 11 is 0. The van der Waals surface area contributed by atoms with Crippen LogP contribution in [0.1, 0.15) is 26.2 Å². The molecule has 1 heterocycles. The Kier molecular flexibility index (Phi) is 6.03. The molecule has 1 aromatic heterocycles. The Morgan fingerprint density at radius 3 is 2.39 bits per heavy atom. The highest BCUT2D eigenvalue weighted by Gasteiger charge is 2.17. The van der Waals surface area contributed by atoms with E-state index in [1.807, 2.05) is 0 Å². The molecular formula is C21H24N2O5. The molecular weight excluding hydrogens is 360 g/mol. The molecule has 7 nitrogen and oxygen atoms in total. The average molecular weight is 384 g/mol. The Morgan fingerprint density at radius 2 is 1.79 bits per heavy atom. The van der Waals surface area contributed by atoms with Crippen molar-refractivity contribution >= 4 is 22.7 Å². The zero-order chi connectivity index (χ0) is 20.1. The molecule has 3 aromatic rings. The molecule has 1 amide bonds. The second-order valence-electron chi connectivity index (χ2n) is 6.27. The highest BCUT2D eigenvalue weighted by molar-refractivity contribution is 5.93. The molecule has 0 aliphatic heterocycles. The van der Waals surface area contributed by atoms with Gasteiger partial charge in [0.05, 0.1) is 21.3 Å². The third kappa shape index (κ3) is 4.03. The number of nitrogens with one attached hydrogen (secondary N) is 1. The normalized spacial score (nSPS) is 10.7. The highest BCUT2D eigenvalue weighted by Crippen LogP contribution is 2.41. The highest BCUT2D eigenvalue weighted by atomic mass is 16.5. The van der Waals surface area contributed by atoms with Gasteiger partial charge >= 0.3 is 0 Å². The fraction of sp³-hybridized carbons (Fsp3) is 0.333. The average Bonchev–Trinajstić information content (AvgIpc) is 3.14. The van der Waals surface area contributed by atoms with Crippen LogP contribution in [0.2, 0.25) is 0 Å². The van der Waals surface area contributed by atoms with Crippen molar-refractivity contribution in [3.05, 3.63) is 30.3 Å². The van der Waals surface area contributed by atoms with Gasteiger partial charge in [-0.15, -0.1) is 0 Å². The van der Waals surface area contributed by atoms with E-state index in [1.54, 1.807) is 51.7 Å². The van der Waals surface area contributed by atoms with Gasteiger partial charge in [-0.2, -0.15) is 0 Å². The lowest BCUT2D eigenvalue weighted by atomic mass is 10.2. The van der Waals surface area contributed by atoms with Crippen LogP contribution in [0.3, 0.4) is 0 Å². The Morgan fingerprint density at radius 1 is 1.07 bits per heavy atom. The van der Waals surface area contributed by atoms with Crippen molar-refractivity contribution in [3.63, 3.8) is 0 Å². The predicted molar refractivity (Wildman–Crippen MR) is 107 cm³/mol. The molecule has 28 heavy (non-hydrogen) atoms. The fourth-order valence-corrected chi connectivity index (χ4v) is 2.89. The predicted octanol–water partition coefficient (Wildman–Crippen LogP) is 4.65. The first-order valence-corrected chi connectivity index (χ1v) is 9.10. The first kappa shape index (κ1) is 19.5. The van der Waals surface area contributed by atoms with Crippen molar-refractivity contribution in [2.24, 2.45) is 0 Å². The van der Waals surface area contributed by atoms with E-state index in [0.29, 0.717) is 51.9 Å². The number of hydrogen-bond donors (Lipinski definition) is 1. The van der Waals surface area contributed by atoms with Gasteiger partial charge in [-0.05, 0) is 36.8 Å². The van der Waals surface area contributed by atoms with Crippen molar-refractivity contribution in [2.45, 2.75) is 26.2 Å². The number of methoxy groups -OCH3 is 3. The number of carbonyl (C=O) groups excluding carboxylic acids is 1. The topological polar surface area (TPSA) is 82.8 Å².